The topological polar surface area (TPSA) is 9.23 Å². The zero-order chi connectivity index (χ0) is 26.9. The summed E-state index contributed by atoms with van der Waals surface area (Å²) in [4.78, 5) is 0. The van der Waals surface area contributed by atoms with Crippen molar-refractivity contribution in [2.75, 3.05) is 0 Å². The first-order valence-corrected chi connectivity index (χ1v) is 18.6. The Bertz CT molecular complexity index is 535. The first-order chi connectivity index (χ1) is 14.7. The normalized spacial score (nSPS) is 16.7. The van der Waals surface area contributed by atoms with Crippen LogP contribution in [0.1, 0.15) is 132 Å². The summed E-state index contributed by atoms with van der Waals surface area (Å²) in [6.45, 7) is 47.8. The number of rotatable bonds is 13. The maximum Gasteiger partial charge on any atom is 0.191 e. The first-order valence-electron chi connectivity index (χ1n) is 14.4. The first kappa shape index (κ1) is 33.4. The van der Waals surface area contributed by atoms with Gasteiger partial charge in [-0.1, -0.05) is 132 Å². The van der Waals surface area contributed by atoms with Crippen LogP contribution < -0.4 is 0 Å². The molecule has 0 aromatic carbocycles. The Morgan fingerprint density at radius 1 is 0.424 bits per heavy atom. The lowest BCUT2D eigenvalue weighted by Gasteiger charge is -2.69. The fourth-order valence-electron chi connectivity index (χ4n) is 9.94. The molecule has 0 amide bonds. The van der Waals surface area contributed by atoms with E-state index in [0.29, 0.717) is 51.4 Å². The Balaban J connectivity index is 7.95. The van der Waals surface area contributed by atoms with E-state index in [1.54, 1.807) is 0 Å². The highest BCUT2D eigenvalue weighted by Crippen LogP contribution is 2.72. The quantitative estimate of drug-likeness (QED) is 0.229. The summed E-state index contributed by atoms with van der Waals surface area (Å²) in [6.07, 6.45) is 0. The minimum absolute atomic E-state index is 0.149. The SMILES string of the molecule is CC(C)C(C(C)C)(C(C)C)C(C)(C(C)C)[Si](O[Si](C(C)C)(C(C)C)C(C)C)(C(C)C)C(C)C. The molecule has 0 rings (SSSR count). The molecule has 33 heavy (non-hydrogen) atoms. The van der Waals surface area contributed by atoms with Crippen LogP contribution in [0.3, 0.4) is 0 Å². The molecule has 0 aromatic heterocycles. The second-order valence-corrected chi connectivity index (χ2v) is 25.2. The Hall–Kier alpha value is 0.394. The van der Waals surface area contributed by atoms with Crippen LogP contribution in [0.2, 0.25) is 32.7 Å². The van der Waals surface area contributed by atoms with Crippen molar-refractivity contribution in [2.45, 2.75) is 164 Å². The molecular weight excluding hydrogens is 433 g/mol. The molecule has 1 atom stereocenters. The zero-order valence-electron chi connectivity index (χ0n) is 26.6. The van der Waals surface area contributed by atoms with Gasteiger partial charge in [0.25, 0.3) is 0 Å². The van der Waals surface area contributed by atoms with Gasteiger partial charge in [-0.05, 0) is 61.8 Å². The van der Waals surface area contributed by atoms with E-state index in [2.05, 4.69) is 132 Å². The number of hydrogen-bond acceptors (Lipinski definition) is 1. The van der Waals surface area contributed by atoms with Gasteiger partial charge in [-0.2, -0.15) is 0 Å². The Kier molecular flexibility index (Phi) is 11.8. The van der Waals surface area contributed by atoms with E-state index >= 15 is 0 Å². The molecule has 0 heterocycles. The van der Waals surface area contributed by atoms with Gasteiger partial charge >= 0.3 is 0 Å². The highest BCUT2D eigenvalue weighted by atomic mass is 28.4. The molecule has 200 valence electrons. The Labute approximate surface area is 213 Å². The van der Waals surface area contributed by atoms with Gasteiger partial charge < -0.3 is 4.12 Å². The van der Waals surface area contributed by atoms with Crippen LogP contribution >= 0.6 is 0 Å². The van der Waals surface area contributed by atoms with E-state index in [-0.39, 0.29) is 10.5 Å². The van der Waals surface area contributed by atoms with E-state index in [1.165, 1.54) is 0 Å². The minimum atomic E-state index is -2.35. The van der Waals surface area contributed by atoms with Crippen LogP contribution in [-0.4, -0.2) is 16.6 Å². The summed E-state index contributed by atoms with van der Waals surface area (Å²) in [5.74, 6) is 2.38. The van der Waals surface area contributed by atoms with Crippen molar-refractivity contribution in [1.82, 2.24) is 0 Å². The average Bonchev–Trinajstić information content (AvgIpc) is 2.59. The molecule has 0 saturated heterocycles. The summed E-state index contributed by atoms with van der Waals surface area (Å²) >= 11 is 0. The van der Waals surface area contributed by atoms with Gasteiger partial charge in [-0.15, -0.1) is 0 Å². The van der Waals surface area contributed by atoms with Crippen molar-refractivity contribution in [3.8, 4) is 0 Å². The maximum absolute atomic E-state index is 8.29. The van der Waals surface area contributed by atoms with Crippen molar-refractivity contribution in [3.63, 3.8) is 0 Å². The summed E-state index contributed by atoms with van der Waals surface area (Å²) in [6, 6.07) is 0. The van der Waals surface area contributed by atoms with Crippen molar-refractivity contribution >= 4 is 16.6 Å². The number of hydrogen-bond donors (Lipinski definition) is 0. The van der Waals surface area contributed by atoms with Crippen LogP contribution in [0.15, 0.2) is 0 Å². The summed E-state index contributed by atoms with van der Waals surface area (Å²) < 4.78 is 8.29. The molecule has 1 unspecified atom stereocenters. The molecule has 0 aliphatic carbocycles. The molecule has 0 aliphatic heterocycles. The van der Waals surface area contributed by atoms with E-state index in [1.807, 2.05) is 0 Å². The smallest absolute Gasteiger partial charge is 0.191 e. The van der Waals surface area contributed by atoms with E-state index in [9.17, 15) is 0 Å². The lowest BCUT2D eigenvalue weighted by atomic mass is 9.53. The predicted molar refractivity (Wildman–Crippen MR) is 158 cm³/mol. The van der Waals surface area contributed by atoms with Gasteiger partial charge in [0.15, 0.2) is 16.6 Å². The van der Waals surface area contributed by atoms with Gasteiger partial charge in [-0.3, -0.25) is 0 Å². The lowest BCUT2D eigenvalue weighted by molar-refractivity contribution is -0.0338. The standard InChI is InChI=1S/C30H66OSi2/c1-20(2)29(19,30(21(3)4,22(5)6)23(7)8)33(27(15)16,28(17)18)31-32(24(9)10,25(11)12)26(13)14/h20-28H,1-19H3. The molecule has 0 bridgehead atoms. The predicted octanol–water partition coefficient (Wildman–Crippen LogP) is 11.3. The van der Waals surface area contributed by atoms with Crippen molar-refractivity contribution in [1.29, 1.82) is 0 Å². The third kappa shape index (κ3) is 4.87. The van der Waals surface area contributed by atoms with Gasteiger partial charge in [0.1, 0.15) is 0 Å². The van der Waals surface area contributed by atoms with Crippen LogP contribution in [0.25, 0.3) is 0 Å². The monoisotopic (exact) mass is 498 g/mol. The maximum atomic E-state index is 8.29. The van der Waals surface area contributed by atoms with Crippen LogP contribution in [-0.2, 0) is 4.12 Å². The molecule has 0 spiro atoms. The molecule has 3 heteroatoms. The largest absolute Gasteiger partial charge is 0.453 e. The molecule has 0 aliphatic rings. The van der Waals surface area contributed by atoms with Gasteiger partial charge in [-0.25, -0.2) is 0 Å². The zero-order valence-corrected chi connectivity index (χ0v) is 28.6. The minimum Gasteiger partial charge on any atom is -0.453 e. The van der Waals surface area contributed by atoms with Gasteiger partial charge in [0.2, 0.25) is 0 Å². The van der Waals surface area contributed by atoms with Crippen molar-refractivity contribution in [2.24, 2.45) is 29.1 Å². The highest BCUT2D eigenvalue weighted by molar-refractivity contribution is 6.91. The van der Waals surface area contributed by atoms with Crippen LogP contribution in [0.5, 0.6) is 0 Å². The van der Waals surface area contributed by atoms with Crippen molar-refractivity contribution in [3.05, 3.63) is 0 Å². The molecular formula is C30H66OSi2. The molecule has 0 saturated carbocycles. The van der Waals surface area contributed by atoms with E-state index in [4.69, 9.17) is 4.12 Å². The summed E-state index contributed by atoms with van der Waals surface area (Å²) in [7, 11) is -4.42. The molecule has 0 aromatic rings. The van der Waals surface area contributed by atoms with E-state index in [0.717, 1.165) is 0 Å². The summed E-state index contributed by atoms with van der Waals surface area (Å²) in [5, 5.41) is 0.149. The van der Waals surface area contributed by atoms with Gasteiger partial charge in [0.05, 0.1) is 0 Å². The van der Waals surface area contributed by atoms with E-state index < -0.39 is 16.6 Å². The van der Waals surface area contributed by atoms with Crippen LogP contribution in [0, 0.1) is 29.1 Å². The average molecular weight is 499 g/mol. The second-order valence-electron chi connectivity index (χ2n) is 14.3. The fourth-order valence-corrected chi connectivity index (χ4v) is 28.0. The fraction of sp³-hybridized carbons (Fsp3) is 1.00. The second kappa shape index (κ2) is 11.6. The molecule has 0 radical (unpaired) electrons. The van der Waals surface area contributed by atoms with Crippen molar-refractivity contribution < 1.29 is 4.12 Å². The Morgan fingerprint density at radius 3 is 0.848 bits per heavy atom. The molecule has 1 nitrogen and oxygen atoms in total. The Morgan fingerprint density at radius 2 is 0.697 bits per heavy atom. The van der Waals surface area contributed by atoms with Gasteiger partial charge in [0, 0.05) is 0 Å². The highest BCUT2D eigenvalue weighted by Gasteiger charge is 2.70. The molecule has 0 N–H and O–H groups in total. The molecule has 0 fully saturated rings. The summed E-state index contributed by atoms with van der Waals surface area (Å²) in [5.41, 5.74) is 3.21. The lowest BCUT2D eigenvalue weighted by Crippen LogP contribution is -2.70. The third-order valence-electron chi connectivity index (χ3n) is 10.5. The van der Waals surface area contributed by atoms with Crippen LogP contribution in [0.4, 0.5) is 0 Å². The third-order valence-corrected chi connectivity index (χ3v) is 24.7.